The van der Waals surface area contributed by atoms with E-state index in [2.05, 4.69) is 17.0 Å². The summed E-state index contributed by atoms with van der Waals surface area (Å²) in [5, 5.41) is 9.71. The average molecular weight is 511 g/mol. The van der Waals surface area contributed by atoms with Crippen molar-refractivity contribution in [2.24, 2.45) is 5.92 Å². The van der Waals surface area contributed by atoms with Crippen molar-refractivity contribution >= 4 is 11.9 Å². The average Bonchev–Trinajstić information content (AvgIpc) is 2.92. The highest BCUT2D eigenvalue weighted by molar-refractivity contribution is 5.78. The van der Waals surface area contributed by atoms with E-state index in [4.69, 9.17) is 14.5 Å². The number of carboxylic acid groups (broad SMARTS) is 1. The fourth-order valence-electron chi connectivity index (χ4n) is 4.79. The number of aliphatic carboxylic acids is 1. The second kappa shape index (κ2) is 15.5. The second-order valence-corrected chi connectivity index (χ2v) is 10.1. The van der Waals surface area contributed by atoms with Gasteiger partial charge >= 0.3 is 11.9 Å². The number of aromatic nitrogens is 1. The lowest BCUT2D eigenvalue weighted by Crippen LogP contribution is -2.35. The van der Waals surface area contributed by atoms with Crippen LogP contribution in [0.2, 0.25) is 0 Å². The highest BCUT2D eigenvalue weighted by Crippen LogP contribution is 2.20. The van der Waals surface area contributed by atoms with Gasteiger partial charge in [0, 0.05) is 25.0 Å². The van der Waals surface area contributed by atoms with Gasteiger partial charge in [-0.25, -0.2) is 0 Å². The molecule has 3 rings (SSSR count). The monoisotopic (exact) mass is 510 g/mol. The quantitative estimate of drug-likeness (QED) is 0.255. The molecule has 0 amide bonds. The van der Waals surface area contributed by atoms with E-state index < -0.39 is 17.9 Å². The second-order valence-electron chi connectivity index (χ2n) is 10.1. The fraction of sp³-hybridized carbons (Fsp3) is 0.567. The smallest absolute Gasteiger partial charge is 0.307 e. The van der Waals surface area contributed by atoms with E-state index in [1.165, 1.54) is 24.1 Å². The summed E-state index contributed by atoms with van der Waals surface area (Å²) in [7, 11) is 1.69. The van der Waals surface area contributed by atoms with Crippen LogP contribution in [0.3, 0.4) is 0 Å². The molecular weight excluding hydrogens is 468 g/mol. The van der Waals surface area contributed by atoms with Crippen molar-refractivity contribution in [2.75, 3.05) is 26.7 Å². The van der Waals surface area contributed by atoms with Crippen LogP contribution < -0.4 is 0 Å². The normalized spacial score (nSPS) is 14.7. The number of pyridine rings is 1. The van der Waals surface area contributed by atoms with Gasteiger partial charge in [-0.15, -0.1) is 0 Å². The van der Waals surface area contributed by atoms with Gasteiger partial charge in [-0.05, 0) is 88.6 Å². The molecule has 1 N–H and O–H groups in total. The van der Waals surface area contributed by atoms with E-state index in [9.17, 15) is 14.7 Å². The molecule has 0 bridgehead atoms. The van der Waals surface area contributed by atoms with E-state index in [1.54, 1.807) is 7.11 Å². The van der Waals surface area contributed by atoms with E-state index in [-0.39, 0.29) is 19.1 Å². The van der Waals surface area contributed by atoms with Crippen LogP contribution in [0.1, 0.15) is 68.0 Å². The Hall–Kier alpha value is -2.77. The van der Waals surface area contributed by atoms with E-state index in [0.717, 1.165) is 56.5 Å². The number of fused-ring (bicyclic) bond motifs is 1. The van der Waals surface area contributed by atoms with Crippen LogP contribution in [0.25, 0.3) is 0 Å². The maximum absolute atomic E-state index is 12.3. The predicted octanol–water partition coefficient (Wildman–Crippen LogP) is 4.84. The lowest BCUT2D eigenvalue weighted by Gasteiger charge is -2.26. The van der Waals surface area contributed by atoms with Crippen LogP contribution in [0.5, 0.6) is 0 Å². The van der Waals surface area contributed by atoms with Crippen molar-refractivity contribution in [3.05, 3.63) is 65.0 Å². The molecule has 1 heterocycles. The van der Waals surface area contributed by atoms with Crippen molar-refractivity contribution in [3.8, 4) is 0 Å². The number of ether oxygens (including phenoxy) is 2. The minimum Gasteiger partial charge on any atom is -0.481 e. The summed E-state index contributed by atoms with van der Waals surface area (Å²) in [6.07, 6.45) is 8.02. The highest BCUT2D eigenvalue weighted by atomic mass is 16.5. The Morgan fingerprint density at radius 1 is 1.05 bits per heavy atom. The predicted molar refractivity (Wildman–Crippen MR) is 143 cm³/mol. The van der Waals surface area contributed by atoms with Crippen molar-refractivity contribution in [1.29, 1.82) is 0 Å². The number of carbonyl (C=O) groups is 2. The number of benzene rings is 1. The topological polar surface area (TPSA) is 89.0 Å². The maximum atomic E-state index is 12.3. The minimum absolute atomic E-state index is 0.0430. The van der Waals surface area contributed by atoms with Gasteiger partial charge in [0.1, 0.15) is 6.61 Å². The summed E-state index contributed by atoms with van der Waals surface area (Å²) in [6, 6.07) is 13.8. The molecule has 2 aromatic rings. The molecule has 1 aliphatic rings. The molecule has 0 saturated carbocycles. The van der Waals surface area contributed by atoms with E-state index in [0.29, 0.717) is 13.0 Å². The number of unbranched alkanes of at least 4 members (excludes halogenated alkanes) is 1. The largest absolute Gasteiger partial charge is 0.481 e. The first-order valence-electron chi connectivity index (χ1n) is 13.6. The Labute approximate surface area is 221 Å². The Kier molecular flexibility index (Phi) is 12.0. The Bertz CT molecular complexity index is 981. The van der Waals surface area contributed by atoms with Crippen molar-refractivity contribution < 1.29 is 24.2 Å². The first-order valence-corrected chi connectivity index (χ1v) is 13.6. The standard InChI is InChI=1S/C30H42N2O5/c1-23(36-2)21-32(18-9-8-13-27-16-15-25-12-6-7-14-28(25)31-27)19-17-26(30(34)35)20-29(33)37-22-24-10-4-3-5-11-24/h3-5,10-11,15-16,23,26H,6-9,12-14,17-22H2,1-2H3,(H,34,35)/t23-,26-/m1/s1. The molecule has 0 saturated heterocycles. The highest BCUT2D eigenvalue weighted by Gasteiger charge is 2.23. The molecule has 7 heteroatoms. The van der Waals surface area contributed by atoms with Gasteiger partial charge in [0.05, 0.1) is 18.4 Å². The number of hydrogen-bond donors (Lipinski definition) is 1. The molecule has 0 aliphatic heterocycles. The van der Waals surface area contributed by atoms with Crippen molar-refractivity contribution in [3.63, 3.8) is 0 Å². The first-order chi connectivity index (χ1) is 17.9. The molecular formula is C30H42N2O5. The zero-order valence-corrected chi connectivity index (χ0v) is 22.4. The maximum Gasteiger partial charge on any atom is 0.307 e. The molecule has 0 unspecified atom stereocenters. The van der Waals surface area contributed by atoms with Crippen LogP contribution in [0.15, 0.2) is 42.5 Å². The molecule has 0 fully saturated rings. The van der Waals surface area contributed by atoms with Gasteiger partial charge in [-0.2, -0.15) is 0 Å². The van der Waals surface area contributed by atoms with Gasteiger partial charge in [-0.3, -0.25) is 14.6 Å². The van der Waals surface area contributed by atoms with E-state index in [1.807, 2.05) is 37.3 Å². The molecule has 0 radical (unpaired) electrons. The lowest BCUT2D eigenvalue weighted by molar-refractivity contribution is -0.152. The van der Waals surface area contributed by atoms with Crippen LogP contribution in [-0.4, -0.2) is 59.8 Å². The summed E-state index contributed by atoms with van der Waals surface area (Å²) < 4.78 is 10.8. The fourth-order valence-corrected chi connectivity index (χ4v) is 4.79. The minimum atomic E-state index is -0.963. The van der Waals surface area contributed by atoms with Crippen LogP contribution in [0.4, 0.5) is 0 Å². The Morgan fingerprint density at radius 3 is 2.59 bits per heavy atom. The van der Waals surface area contributed by atoms with Gasteiger partial charge in [0.2, 0.25) is 0 Å². The number of carbonyl (C=O) groups excluding carboxylic acids is 1. The molecule has 1 aliphatic carbocycles. The third-order valence-corrected chi connectivity index (χ3v) is 7.11. The number of aryl methyl sites for hydroxylation is 3. The molecule has 202 valence electrons. The third-order valence-electron chi connectivity index (χ3n) is 7.11. The first kappa shape index (κ1) is 28.8. The Balaban J connectivity index is 1.45. The zero-order chi connectivity index (χ0) is 26.5. The molecule has 37 heavy (non-hydrogen) atoms. The van der Waals surface area contributed by atoms with Crippen LogP contribution >= 0.6 is 0 Å². The summed E-state index contributed by atoms with van der Waals surface area (Å²) in [5.41, 5.74) is 4.73. The molecule has 2 atom stereocenters. The van der Waals surface area contributed by atoms with Gasteiger partial charge in [0.15, 0.2) is 0 Å². The zero-order valence-electron chi connectivity index (χ0n) is 22.4. The number of esters is 1. The van der Waals surface area contributed by atoms with Gasteiger partial charge in [-0.1, -0.05) is 36.4 Å². The summed E-state index contributed by atoms with van der Waals surface area (Å²) >= 11 is 0. The van der Waals surface area contributed by atoms with Gasteiger partial charge < -0.3 is 19.5 Å². The lowest BCUT2D eigenvalue weighted by atomic mass is 9.95. The number of hydrogen-bond acceptors (Lipinski definition) is 6. The van der Waals surface area contributed by atoms with Crippen molar-refractivity contribution in [1.82, 2.24) is 9.88 Å². The number of methoxy groups -OCH3 is 1. The SMILES string of the molecule is CO[C@H](C)CN(CCCCc1ccc2c(n1)CCCC2)CC[C@H](CC(=O)OCc1ccccc1)C(=O)O. The van der Waals surface area contributed by atoms with Crippen LogP contribution in [0, 0.1) is 5.92 Å². The molecule has 1 aromatic carbocycles. The van der Waals surface area contributed by atoms with E-state index >= 15 is 0 Å². The van der Waals surface area contributed by atoms with Crippen molar-refractivity contribution in [2.45, 2.75) is 77.4 Å². The summed E-state index contributed by atoms with van der Waals surface area (Å²) in [6.45, 7) is 4.33. The number of nitrogens with zero attached hydrogens (tertiary/aromatic N) is 2. The number of carboxylic acids is 1. The molecule has 0 spiro atoms. The third kappa shape index (κ3) is 10.3. The summed E-state index contributed by atoms with van der Waals surface area (Å²) in [5.74, 6) is -2.22. The molecule has 7 nitrogen and oxygen atoms in total. The summed E-state index contributed by atoms with van der Waals surface area (Å²) in [4.78, 5) is 31.3. The Morgan fingerprint density at radius 2 is 1.84 bits per heavy atom. The van der Waals surface area contributed by atoms with Crippen LogP contribution in [-0.2, 0) is 44.9 Å². The van der Waals surface area contributed by atoms with Gasteiger partial charge in [0.25, 0.3) is 0 Å². The molecule has 1 aromatic heterocycles. The number of rotatable bonds is 16.